The van der Waals surface area contributed by atoms with Crippen molar-refractivity contribution in [1.82, 2.24) is 0 Å². The van der Waals surface area contributed by atoms with E-state index in [1.807, 2.05) is 0 Å². The lowest BCUT2D eigenvalue weighted by Crippen LogP contribution is -2.19. The largest absolute Gasteiger partial charge is 0.451 e. The monoisotopic (exact) mass is 388 g/mol. The van der Waals surface area contributed by atoms with Crippen LogP contribution in [0.4, 0.5) is 18.9 Å². The van der Waals surface area contributed by atoms with Crippen LogP contribution in [0.15, 0.2) is 59.0 Å². The molecule has 0 aliphatic rings. The second-order valence-corrected chi connectivity index (χ2v) is 6.06. The highest BCUT2D eigenvalue weighted by atomic mass is 19.4. The van der Waals surface area contributed by atoms with E-state index in [0.717, 1.165) is 12.1 Å². The molecule has 0 atom stereocenters. The molecule has 0 saturated heterocycles. The van der Waals surface area contributed by atoms with Crippen molar-refractivity contribution < 1.29 is 27.2 Å². The first kappa shape index (κ1) is 19.2. The number of furan rings is 1. The second kappa shape index (κ2) is 7.22. The second-order valence-electron chi connectivity index (χ2n) is 6.06. The minimum absolute atomic E-state index is 0.107. The molecule has 3 N–H and O–H groups in total. The lowest BCUT2D eigenvalue weighted by atomic mass is 10.1. The van der Waals surface area contributed by atoms with Gasteiger partial charge in [0.1, 0.15) is 5.76 Å². The number of anilines is 1. The Morgan fingerprint density at radius 3 is 2.43 bits per heavy atom. The molecule has 3 rings (SSSR count). The number of carbonyl (C=O) groups excluding carboxylic acids is 2. The van der Waals surface area contributed by atoms with Crippen LogP contribution in [0, 0.1) is 6.92 Å². The Labute approximate surface area is 158 Å². The van der Waals surface area contributed by atoms with Crippen LogP contribution in [-0.2, 0) is 6.18 Å². The molecule has 28 heavy (non-hydrogen) atoms. The number of nitrogens with two attached hydrogens (primary N) is 1. The van der Waals surface area contributed by atoms with Gasteiger partial charge >= 0.3 is 6.18 Å². The van der Waals surface area contributed by atoms with E-state index in [2.05, 4.69) is 5.32 Å². The molecule has 3 aromatic rings. The van der Waals surface area contributed by atoms with Gasteiger partial charge in [0, 0.05) is 5.56 Å². The molecule has 0 aliphatic carbocycles. The minimum atomic E-state index is -4.49. The minimum Gasteiger partial charge on any atom is -0.451 e. The highest BCUT2D eigenvalue weighted by molar-refractivity contribution is 6.08. The van der Waals surface area contributed by atoms with E-state index in [1.165, 1.54) is 30.3 Å². The smallest absolute Gasteiger partial charge is 0.416 e. The zero-order valence-electron chi connectivity index (χ0n) is 14.6. The number of primary amides is 1. The first-order chi connectivity index (χ1) is 13.2. The maximum absolute atomic E-state index is 12.9. The number of rotatable bonds is 4. The van der Waals surface area contributed by atoms with Crippen LogP contribution in [-0.4, -0.2) is 11.8 Å². The third-order valence-electron chi connectivity index (χ3n) is 4.07. The number of amides is 2. The third-order valence-corrected chi connectivity index (χ3v) is 4.07. The summed E-state index contributed by atoms with van der Waals surface area (Å²) in [5, 5.41) is 2.54. The number of hydrogen-bond donors (Lipinski definition) is 2. The zero-order valence-corrected chi connectivity index (χ0v) is 14.6. The van der Waals surface area contributed by atoms with Crippen molar-refractivity contribution in [3.8, 4) is 11.3 Å². The van der Waals surface area contributed by atoms with Gasteiger partial charge in [-0.25, -0.2) is 0 Å². The van der Waals surface area contributed by atoms with E-state index in [-0.39, 0.29) is 28.3 Å². The van der Waals surface area contributed by atoms with Crippen LogP contribution in [0.5, 0.6) is 0 Å². The first-order valence-electron chi connectivity index (χ1n) is 8.15. The third kappa shape index (κ3) is 3.90. The summed E-state index contributed by atoms with van der Waals surface area (Å²) in [5.41, 5.74) is 5.69. The molecule has 0 saturated carbocycles. The van der Waals surface area contributed by atoms with Crippen LogP contribution in [0.2, 0.25) is 0 Å². The van der Waals surface area contributed by atoms with Crippen LogP contribution in [0.25, 0.3) is 11.3 Å². The lowest BCUT2D eigenvalue weighted by Gasteiger charge is -2.10. The predicted octanol–water partition coefficient (Wildman–Crippen LogP) is 4.63. The summed E-state index contributed by atoms with van der Waals surface area (Å²) >= 11 is 0. The molecule has 0 fully saturated rings. The topological polar surface area (TPSA) is 85.3 Å². The van der Waals surface area contributed by atoms with Gasteiger partial charge in [-0.1, -0.05) is 24.3 Å². The molecule has 0 radical (unpaired) electrons. The molecule has 0 aliphatic heterocycles. The van der Waals surface area contributed by atoms with Gasteiger partial charge < -0.3 is 15.5 Å². The SMILES string of the molecule is Cc1cccc(NC(=O)c2ccc(-c3cccc(C(F)(F)F)c3)o2)c1C(N)=O. The molecule has 0 unspecified atom stereocenters. The van der Waals surface area contributed by atoms with Crippen LogP contribution >= 0.6 is 0 Å². The Kier molecular flexibility index (Phi) is 4.96. The summed E-state index contributed by atoms with van der Waals surface area (Å²) in [7, 11) is 0. The number of alkyl halides is 3. The maximum atomic E-state index is 12.9. The van der Waals surface area contributed by atoms with Gasteiger partial charge in [-0.15, -0.1) is 0 Å². The van der Waals surface area contributed by atoms with Gasteiger partial charge in [0.15, 0.2) is 5.76 Å². The Morgan fingerprint density at radius 2 is 1.75 bits per heavy atom. The van der Waals surface area contributed by atoms with Gasteiger partial charge in [-0.3, -0.25) is 9.59 Å². The van der Waals surface area contributed by atoms with Crippen molar-refractivity contribution >= 4 is 17.5 Å². The van der Waals surface area contributed by atoms with E-state index < -0.39 is 23.6 Å². The highest BCUT2D eigenvalue weighted by Crippen LogP contribution is 2.32. The predicted molar refractivity (Wildman–Crippen MR) is 96.8 cm³/mol. The summed E-state index contributed by atoms with van der Waals surface area (Å²) in [5.74, 6) is -1.37. The molecule has 1 aromatic heterocycles. The summed E-state index contributed by atoms with van der Waals surface area (Å²) in [6.07, 6.45) is -4.49. The van der Waals surface area contributed by atoms with Crippen molar-refractivity contribution in [1.29, 1.82) is 0 Å². The molecule has 1 heterocycles. The van der Waals surface area contributed by atoms with E-state index in [1.54, 1.807) is 19.1 Å². The van der Waals surface area contributed by atoms with Gasteiger partial charge in [0.05, 0.1) is 16.8 Å². The van der Waals surface area contributed by atoms with Crippen molar-refractivity contribution in [2.24, 2.45) is 5.73 Å². The summed E-state index contributed by atoms with van der Waals surface area (Å²) in [4.78, 5) is 24.1. The Bertz CT molecular complexity index is 1050. The Balaban J connectivity index is 1.87. The van der Waals surface area contributed by atoms with Crippen molar-refractivity contribution in [3.63, 3.8) is 0 Å². The molecule has 5 nitrogen and oxygen atoms in total. The van der Waals surface area contributed by atoms with Crippen molar-refractivity contribution in [2.75, 3.05) is 5.32 Å². The Hall–Kier alpha value is -3.55. The quantitative estimate of drug-likeness (QED) is 0.684. The summed E-state index contributed by atoms with van der Waals surface area (Å²) in [6, 6.07) is 12.2. The number of aryl methyl sites for hydroxylation is 1. The average molecular weight is 388 g/mol. The number of halogens is 3. The molecular weight excluding hydrogens is 373 g/mol. The van der Waals surface area contributed by atoms with Gasteiger partial charge in [-0.05, 0) is 42.8 Å². The molecule has 0 bridgehead atoms. The molecule has 2 aromatic carbocycles. The fourth-order valence-electron chi connectivity index (χ4n) is 2.75. The van der Waals surface area contributed by atoms with Crippen molar-refractivity contribution in [2.45, 2.75) is 13.1 Å². The van der Waals surface area contributed by atoms with Crippen LogP contribution < -0.4 is 11.1 Å². The molecule has 0 spiro atoms. The van der Waals surface area contributed by atoms with E-state index >= 15 is 0 Å². The standard InChI is InChI=1S/C20H15F3N2O3/c1-11-4-2-7-14(17(11)18(24)26)25-19(27)16-9-8-15(28-16)12-5-3-6-13(10-12)20(21,22)23/h2-10H,1H3,(H2,24,26)(H,25,27). The number of nitrogens with one attached hydrogen (secondary N) is 1. The van der Waals surface area contributed by atoms with E-state index in [0.29, 0.717) is 5.56 Å². The first-order valence-corrected chi connectivity index (χ1v) is 8.15. The summed E-state index contributed by atoms with van der Waals surface area (Å²) in [6.45, 7) is 1.67. The molecule has 8 heteroatoms. The number of hydrogen-bond acceptors (Lipinski definition) is 3. The van der Waals surface area contributed by atoms with E-state index in [4.69, 9.17) is 10.2 Å². The molecular formula is C20H15F3N2O3. The Morgan fingerprint density at radius 1 is 1.04 bits per heavy atom. The highest BCUT2D eigenvalue weighted by Gasteiger charge is 2.30. The lowest BCUT2D eigenvalue weighted by molar-refractivity contribution is -0.137. The molecule has 2 amide bonds. The normalized spacial score (nSPS) is 11.3. The fourth-order valence-corrected chi connectivity index (χ4v) is 2.75. The number of benzene rings is 2. The summed E-state index contributed by atoms with van der Waals surface area (Å²) < 4.78 is 44.0. The van der Waals surface area contributed by atoms with Gasteiger partial charge in [0.25, 0.3) is 11.8 Å². The molecule has 144 valence electrons. The van der Waals surface area contributed by atoms with Crippen LogP contribution in [0.3, 0.4) is 0 Å². The zero-order chi connectivity index (χ0) is 20.5. The van der Waals surface area contributed by atoms with Crippen LogP contribution in [0.1, 0.15) is 32.0 Å². The van der Waals surface area contributed by atoms with E-state index in [9.17, 15) is 22.8 Å². The maximum Gasteiger partial charge on any atom is 0.416 e. The fraction of sp³-hybridized carbons (Fsp3) is 0.100. The van der Waals surface area contributed by atoms with Gasteiger partial charge in [0.2, 0.25) is 0 Å². The van der Waals surface area contributed by atoms with Crippen molar-refractivity contribution in [3.05, 3.63) is 77.0 Å². The number of carbonyl (C=O) groups is 2. The average Bonchev–Trinajstić information content (AvgIpc) is 3.11. The van der Waals surface area contributed by atoms with Gasteiger partial charge in [-0.2, -0.15) is 13.2 Å².